The van der Waals surface area contributed by atoms with Gasteiger partial charge >= 0.3 is 0 Å². The number of benzene rings is 2. The van der Waals surface area contributed by atoms with Gasteiger partial charge in [0.15, 0.2) is 0 Å². The van der Waals surface area contributed by atoms with E-state index in [1.807, 2.05) is 42.5 Å². The fourth-order valence-electron chi connectivity index (χ4n) is 2.03. The first-order chi connectivity index (χ1) is 9.81. The summed E-state index contributed by atoms with van der Waals surface area (Å²) in [5.41, 5.74) is 4.22. The molecule has 98 valence electrons. The van der Waals surface area contributed by atoms with Gasteiger partial charge in [-0.15, -0.1) is 0 Å². The van der Waals surface area contributed by atoms with Gasteiger partial charge < -0.3 is 5.32 Å². The van der Waals surface area contributed by atoms with Crippen molar-refractivity contribution in [2.45, 2.75) is 6.92 Å². The van der Waals surface area contributed by atoms with Crippen LogP contribution in [0.4, 0.5) is 11.6 Å². The maximum atomic E-state index is 4.56. The van der Waals surface area contributed by atoms with Crippen molar-refractivity contribution in [1.29, 1.82) is 0 Å². The van der Waals surface area contributed by atoms with E-state index in [2.05, 4.69) is 40.4 Å². The van der Waals surface area contributed by atoms with Gasteiger partial charge in [0.1, 0.15) is 0 Å². The Morgan fingerprint density at radius 1 is 0.900 bits per heavy atom. The molecule has 1 heterocycles. The van der Waals surface area contributed by atoms with Gasteiger partial charge in [-0.3, -0.25) is 0 Å². The van der Waals surface area contributed by atoms with E-state index in [-0.39, 0.29) is 0 Å². The van der Waals surface area contributed by atoms with Crippen LogP contribution in [0.1, 0.15) is 5.56 Å². The van der Waals surface area contributed by atoms with Crippen LogP contribution < -0.4 is 5.32 Å². The number of rotatable bonds is 3. The third kappa shape index (κ3) is 2.83. The summed E-state index contributed by atoms with van der Waals surface area (Å²) in [6.07, 6.45) is 1.77. The topological polar surface area (TPSA) is 37.8 Å². The molecule has 0 aliphatic rings. The highest BCUT2D eigenvalue weighted by Crippen LogP contribution is 2.20. The zero-order valence-corrected chi connectivity index (χ0v) is 11.2. The van der Waals surface area contributed by atoms with Crippen LogP contribution in [0.15, 0.2) is 66.9 Å². The molecule has 0 atom stereocenters. The van der Waals surface area contributed by atoms with E-state index >= 15 is 0 Å². The van der Waals surface area contributed by atoms with Crippen molar-refractivity contribution >= 4 is 11.6 Å². The molecule has 0 aliphatic heterocycles. The maximum absolute atomic E-state index is 4.56. The summed E-state index contributed by atoms with van der Waals surface area (Å²) < 4.78 is 0. The van der Waals surface area contributed by atoms with Crippen LogP contribution in [0, 0.1) is 6.92 Å². The Labute approximate surface area is 118 Å². The summed E-state index contributed by atoms with van der Waals surface area (Å²) in [5.74, 6) is 0.607. The molecule has 3 nitrogen and oxygen atoms in total. The maximum Gasteiger partial charge on any atom is 0.227 e. The highest BCUT2D eigenvalue weighted by atomic mass is 15.1. The minimum Gasteiger partial charge on any atom is -0.324 e. The number of nitrogens with one attached hydrogen (secondary N) is 1. The van der Waals surface area contributed by atoms with Crippen LogP contribution in [0.25, 0.3) is 11.3 Å². The van der Waals surface area contributed by atoms with Gasteiger partial charge in [0.25, 0.3) is 0 Å². The van der Waals surface area contributed by atoms with Gasteiger partial charge in [-0.1, -0.05) is 42.0 Å². The second kappa shape index (κ2) is 5.53. The molecule has 20 heavy (non-hydrogen) atoms. The summed E-state index contributed by atoms with van der Waals surface area (Å²) in [6.45, 7) is 2.08. The summed E-state index contributed by atoms with van der Waals surface area (Å²) in [7, 11) is 0. The van der Waals surface area contributed by atoms with Gasteiger partial charge in [-0.2, -0.15) is 0 Å². The zero-order chi connectivity index (χ0) is 13.8. The third-order valence-electron chi connectivity index (χ3n) is 3.00. The van der Waals surface area contributed by atoms with Crippen LogP contribution in [-0.2, 0) is 0 Å². The lowest BCUT2D eigenvalue weighted by atomic mass is 10.1. The number of nitrogens with zero attached hydrogens (tertiary/aromatic N) is 2. The number of aromatic nitrogens is 2. The van der Waals surface area contributed by atoms with Crippen molar-refractivity contribution in [2.24, 2.45) is 0 Å². The van der Waals surface area contributed by atoms with Crippen molar-refractivity contribution in [2.75, 3.05) is 5.32 Å². The molecule has 0 spiro atoms. The van der Waals surface area contributed by atoms with E-state index in [0.717, 1.165) is 16.9 Å². The first kappa shape index (κ1) is 12.4. The van der Waals surface area contributed by atoms with E-state index < -0.39 is 0 Å². The second-order valence-electron chi connectivity index (χ2n) is 4.63. The van der Waals surface area contributed by atoms with Crippen LogP contribution in [0.5, 0.6) is 0 Å². The normalized spacial score (nSPS) is 10.2. The fourth-order valence-corrected chi connectivity index (χ4v) is 2.03. The van der Waals surface area contributed by atoms with Crippen molar-refractivity contribution in [1.82, 2.24) is 9.97 Å². The average molecular weight is 261 g/mol. The molecular formula is C17H15N3. The highest BCUT2D eigenvalue weighted by Gasteiger charge is 2.02. The predicted molar refractivity (Wildman–Crippen MR) is 81.9 cm³/mol. The summed E-state index contributed by atoms with van der Waals surface area (Å²) in [4.78, 5) is 8.82. The van der Waals surface area contributed by atoms with Gasteiger partial charge in [-0.25, -0.2) is 9.97 Å². The van der Waals surface area contributed by atoms with E-state index in [1.165, 1.54) is 5.56 Å². The average Bonchev–Trinajstić information content (AvgIpc) is 2.49. The lowest BCUT2D eigenvalue weighted by Gasteiger charge is -2.07. The fraction of sp³-hybridized carbons (Fsp3) is 0.0588. The van der Waals surface area contributed by atoms with Crippen molar-refractivity contribution in [3.8, 4) is 11.3 Å². The Kier molecular flexibility index (Phi) is 3.42. The van der Waals surface area contributed by atoms with E-state index in [1.54, 1.807) is 6.20 Å². The highest BCUT2D eigenvalue weighted by molar-refractivity contribution is 5.62. The molecular weight excluding hydrogens is 246 g/mol. The smallest absolute Gasteiger partial charge is 0.227 e. The van der Waals surface area contributed by atoms with E-state index in [4.69, 9.17) is 0 Å². The number of anilines is 2. The molecule has 0 fully saturated rings. The molecule has 2 aromatic carbocycles. The number of hydrogen-bond acceptors (Lipinski definition) is 3. The van der Waals surface area contributed by atoms with Gasteiger partial charge in [0.2, 0.25) is 5.95 Å². The van der Waals surface area contributed by atoms with Crippen molar-refractivity contribution < 1.29 is 0 Å². The molecule has 1 N–H and O–H groups in total. The van der Waals surface area contributed by atoms with Crippen LogP contribution in [-0.4, -0.2) is 9.97 Å². The molecule has 0 saturated heterocycles. The largest absolute Gasteiger partial charge is 0.324 e. The Morgan fingerprint density at radius 3 is 2.55 bits per heavy atom. The molecule has 0 bridgehead atoms. The number of para-hydroxylation sites is 1. The Hall–Kier alpha value is -2.68. The van der Waals surface area contributed by atoms with Crippen molar-refractivity contribution in [3.63, 3.8) is 0 Å². The summed E-state index contributed by atoms with van der Waals surface area (Å²) >= 11 is 0. The van der Waals surface area contributed by atoms with Crippen molar-refractivity contribution in [3.05, 3.63) is 72.4 Å². The van der Waals surface area contributed by atoms with Gasteiger partial charge in [-0.05, 0) is 31.2 Å². The molecule has 3 heteroatoms. The van der Waals surface area contributed by atoms with Crippen LogP contribution in [0.2, 0.25) is 0 Å². The molecule has 0 unspecified atom stereocenters. The Balaban J connectivity index is 1.90. The van der Waals surface area contributed by atoms with E-state index in [9.17, 15) is 0 Å². The predicted octanol–water partition coefficient (Wildman–Crippen LogP) is 4.20. The molecule has 1 aromatic heterocycles. The SMILES string of the molecule is Cc1cccc(-c2ccnc(Nc3ccccc3)n2)c1. The van der Waals surface area contributed by atoms with Crippen LogP contribution in [0.3, 0.4) is 0 Å². The second-order valence-corrected chi connectivity index (χ2v) is 4.63. The Bertz CT molecular complexity index is 708. The van der Waals surface area contributed by atoms with E-state index in [0.29, 0.717) is 5.95 Å². The quantitative estimate of drug-likeness (QED) is 0.768. The first-order valence-electron chi connectivity index (χ1n) is 6.53. The molecule has 0 saturated carbocycles. The first-order valence-corrected chi connectivity index (χ1v) is 6.53. The number of hydrogen-bond donors (Lipinski definition) is 1. The molecule has 0 radical (unpaired) electrons. The van der Waals surface area contributed by atoms with Gasteiger partial charge in [0.05, 0.1) is 5.69 Å². The molecule has 3 aromatic rings. The summed E-state index contributed by atoms with van der Waals surface area (Å²) in [6, 6.07) is 20.1. The number of aryl methyl sites for hydroxylation is 1. The zero-order valence-electron chi connectivity index (χ0n) is 11.2. The Morgan fingerprint density at radius 2 is 1.75 bits per heavy atom. The van der Waals surface area contributed by atoms with Gasteiger partial charge in [0, 0.05) is 17.4 Å². The molecule has 3 rings (SSSR count). The minimum absolute atomic E-state index is 0.607. The monoisotopic (exact) mass is 261 g/mol. The lowest BCUT2D eigenvalue weighted by molar-refractivity contribution is 1.17. The standard InChI is InChI=1S/C17H15N3/c1-13-6-5-7-14(12-13)16-10-11-18-17(20-16)19-15-8-3-2-4-9-15/h2-12H,1H3,(H,18,19,20). The lowest BCUT2D eigenvalue weighted by Crippen LogP contribution is -1.97. The van der Waals surface area contributed by atoms with Crippen LogP contribution >= 0.6 is 0 Å². The molecule has 0 amide bonds. The third-order valence-corrected chi connectivity index (χ3v) is 3.00. The summed E-state index contributed by atoms with van der Waals surface area (Å²) in [5, 5.41) is 3.21. The molecule has 0 aliphatic carbocycles. The minimum atomic E-state index is 0.607.